The molecule has 1 atom stereocenters. The molecule has 5 heteroatoms. The number of aromatic nitrogens is 1. The van der Waals surface area contributed by atoms with Crippen molar-refractivity contribution in [1.29, 1.82) is 0 Å². The second kappa shape index (κ2) is 7.42. The quantitative estimate of drug-likeness (QED) is 0.778. The SMILES string of the molecule is CC(=O)N[C@@H](C)CC(=O)NCCc1cccnc1. The smallest absolute Gasteiger partial charge is 0.222 e. The lowest BCUT2D eigenvalue weighted by Crippen LogP contribution is -2.36. The van der Waals surface area contributed by atoms with Crippen molar-refractivity contribution in [2.75, 3.05) is 6.54 Å². The molecule has 1 rings (SSSR count). The standard InChI is InChI=1S/C13H19N3O2/c1-10(16-11(2)17)8-13(18)15-7-5-12-4-3-6-14-9-12/h3-4,6,9-10H,5,7-8H2,1-2H3,(H,15,18)(H,16,17)/t10-/m0/s1. The first-order chi connectivity index (χ1) is 8.58. The lowest BCUT2D eigenvalue weighted by molar-refractivity contribution is -0.122. The minimum absolute atomic E-state index is 0.0554. The second-order valence-electron chi connectivity index (χ2n) is 4.27. The average Bonchev–Trinajstić information content (AvgIpc) is 2.29. The van der Waals surface area contributed by atoms with Crippen LogP contribution in [0.15, 0.2) is 24.5 Å². The fourth-order valence-electron chi connectivity index (χ4n) is 1.64. The van der Waals surface area contributed by atoms with E-state index in [1.807, 2.05) is 19.1 Å². The number of nitrogens with zero attached hydrogens (tertiary/aromatic N) is 1. The Bertz CT molecular complexity index is 392. The highest BCUT2D eigenvalue weighted by atomic mass is 16.2. The van der Waals surface area contributed by atoms with Crippen LogP contribution in [0.25, 0.3) is 0 Å². The van der Waals surface area contributed by atoms with E-state index >= 15 is 0 Å². The Balaban J connectivity index is 2.19. The van der Waals surface area contributed by atoms with E-state index in [0.717, 1.165) is 12.0 Å². The molecule has 0 aliphatic carbocycles. The summed E-state index contributed by atoms with van der Waals surface area (Å²) in [5, 5.41) is 5.49. The summed E-state index contributed by atoms with van der Waals surface area (Å²) in [6.07, 6.45) is 4.56. The molecule has 0 spiro atoms. The molecule has 2 amide bonds. The first-order valence-electron chi connectivity index (χ1n) is 6.00. The van der Waals surface area contributed by atoms with E-state index in [9.17, 15) is 9.59 Å². The van der Waals surface area contributed by atoms with Gasteiger partial charge in [0.25, 0.3) is 0 Å². The van der Waals surface area contributed by atoms with Gasteiger partial charge in [0.2, 0.25) is 11.8 Å². The number of carbonyl (C=O) groups is 2. The van der Waals surface area contributed by atoms with Gasteiger partial charge in [-0.25, -0.2) is 0 Å². The third-order valence-electron chi connectivity index (χ3n) is 2.40. The molecule has 0 saturated heterocycles. The number of rotatable bonds is 6. The highest BCUT2D eigenvalue weighted by Gasteiger charge is 2.09. The molecule has 0 unspecified atom stereocenters. The Labute approximate surface area is 107 Å². The molecule has 0 aromatic carbocycles. The minimum Gasteiger partial charge on any atom is -0.356 e. The van der Waals surface area contributed by atoms with Crippen molar-refractivity contribution in [3.05, 3.63) is 30.1 Å². The molecule has 5 nitrogen and oxygen atoms in total. The van der Waals surface area contributed by atoms with Gasteiger partial charge in [-0.05, 0) is 25.0 Å². The van der Waals surface area contributed by atoms with Gasteiger partial charge in [-0.1, -0.05) is 6.07 Å². The molecule has 1 heterocycles. The van der Waals surface area contributed by atoms with E-state index in [0.29, 0.717) is 13.0 Å². The molecule has 1 aromatic heterocycles. The molecule has 0 bridgehead atoms. The van der Waals surface area contributed by atoms with Crippen LogP contribution >= 0.6 is 0 Å². The summed E-state index contributed by atoms with van der Waals surface area (Å²) in [5.74, 6) is -0.175. The van der Waals surface area contributed by atoms with Crippen LogP contribution in [0.3, 0.4) is 0 Å². The molecule has 0 aliphatic rings. The van der Waals surface area contributed by atoms with Gasteiger partial charge in [0, 0.05) is 38.3 Å². The van der Waals surface area contributed by atoms with Crippen molar-refractivity contribution >= 4 is 11.8 Å². The predicted molar refractivity (Wildman–Crippen MR) is 68.8 cm³/mol. The number of pyridine rings is 1. The molecule has 2 N–H and O–H groups in total. The van der Waals surface area contributed by atoms with Gasteiger partial charge < -0.3 is 10.6 Å². The minimum atomic E-state index is -0.138. The number of amides is 2. The van der Waals surface area contributed by atoms with Gasteiger partial charge >= 0.3 is 0 Å². The van der Waals surface area contributed by atoms with E-state index in [1.54, 1.807) is 12.4 Å². The van der Waals surface area contributed by atoms with Gasteiger partial charge in [-0.2, -0.15) is 0 Å². The van der Waals surface area contributed by atoms with Gasteiger partial charge in [0.05, 0.1) is 0 Å². The topological polar surface area (TPSA) is 71.1 Å². The Morgan fingerprint density at radius 1 is 1.44 bits per heavy atom. The molecule has 0 fully saturated rings. The molecule has 1 aromatic rings. The molecule has 0 aliphatic heterocycles. The summed E-state index contributed by atoms with van der Waals surface area (Å²) in [7, 11) is 0. The van der Waals surface area contributed by atoms with Crippen molar-refractivity contribution in [2.45, 2.75) is 32.7 Å². The Morgan fingerprint density at radius 3 is 2.83 bits per heavy atom. The van der Waals surface area contributed by atoms with Crippen LogP contribution in [0.4, 0.5) is 0 Å². The van der Waals surface area contributed by atoms with Crippen LogP contribution < -0.4 is 10.6 Å². The lowest BCUT2D eigenvalue weighted by atomic mass is 10.2. The third-order valence-corrected chi connectivity index (χ3v) is 2.40. The zero-order valence-corrected chi connectivity index (χ0v) is 10.8. The first kappa shape index (κ1) is 14.2. The summed E-state index contributed by atoms with van der Waals surface area (Å²) in [6.45, 7) is 3.83. The fraction of sp³-hybridized carbons (Fsp3) is 0.462. The lowest BCUT2D eigenvalue weighted by Gasteiger charge is -2.12. The van der Waals surface area contributed by atoms with E-state index in [-0.39, 0.29) is 17.9 Å². The number of hydrogen-bond donors (Lipinski definition) is 2. The normalized spacial score (nSPS) is 11.7. The van der Waals surface area contributed by atoms with Crippen LogP contribution in [0.1, 0.15) is 25.8 Å². The van der Waals surface area contributed by atoms with Gasteiger partial charge in [-0.3, -0.25) is 14.6 Å². The predicted octanol–water partition coefficient (Wildman–Crippen LogP) is 0.655. The average molecular weight is 249 g/mol. The Kier molecular flexibility index (Phi) is 5.84. The molecule has 0 radical (unpaired) electrons. The summed E-state index contributed by atoms with van der Waals surface area (Å²) < 4.78 is 0. The van der Waals surface area contributed by atoms with Crippen molar-refractivity contribution in [1.82, 2.24) is 15.6 Å². The summed E-state index contributed by atoms with van der Waals surface area (Å²) >= 11 is 0. The maximum atomic E-state index is 11.5. The second-order valence-corrected chi connectivity index (χ2v) is 4.27. The highest BCUT2D eigenvalue weighted by molar-refractivity contribution is 5.78. The first-order valence-corrected chi connectivity index (χ1v) is 6.00. The molecule has 18 heavy (non-hydrogen) atoms. The third kappa shape index (κ3) is 5.98. The van der Waals surface area contributed by atoms with Crippen LogP contribution in [0.2, 0.25) is 0 Å². The number of carbonyl (C=O) groups excluding carboxylic acids is 2. The Morgan fingerprint density at radius 2 is 2.22 bits per heavy atom. The van der Waals surface area contributed by atoms with Crippen molar-refractivity contribution in [3.63, 3.8) is 0 Å². The Hall–Kier alpha value is -1.91. The largest absolute Gasteiger partial charge is 0.356 e. The van der Waals surface area contributed by atoms with Gasteiger partial charge in [0.1, 0.15) is 0 Å². The summed E-state index contributed by atoms with van der Waals surface area (Å²) in [5.41, 5.74) is 1.09. The monoisotopic (exact) mass is 249 g/mol. The summed E-state index contributed by atoms with van der Waals surface area (Å²) in [6, 6.07) is 3.70. The van der Waals surface area contributed by atoms with E-state index in [4.69, 9.17) is 0 Å². The van der Waals surface area contributed by atoms with E-state index in [2.05, 4.69) is 15.6 Å². The van der Waals surface area contributed by atoms with E-state index in [1.165, 1.54) is 6.92 Å². The van der Waals surface area contributed by atoms with Crippen molar-refractivity contribution in [2.24, 2.45) is 0 Å². The maximum absolute atomic E-state index is 11.5. The van der Waals surface area contributed by atoms with Crippen molar-refractivity contribution in [3.8, 4) is 0 Å². The zero-order chi connectivity index (χ0) is 13.4. The van der Waals surface area contributed by atoms with Crippen LogP contribution in [-0.4, -0.2) is 29.4 Å². The molecular formula is C13H19N3O2. The number of hydrogen-bond acceptors (Lipinski definition) is 3. The maximum Gasteiger partial charge on any atom is 0.222 e. The van der Waals surface area contributed by atoms with Gasteiger partial charge in [-0.15, -0.1) is 0 Å². The van der Waals surface area contributed by atoms with Crippen LogP contribution in [-0.2, 0) is 16.0 Å². The fourth-order valence-corrected chi connectivity index (χ4v) is 1.64. The zero-order valence-electron chi connectivity index (χ0n) is 10.8. The highest BCUT2D eigenvalue weighted by Crippen LogP contribution is 1.96. The molecular weight excluding hydrogens is 230 g/mol. The molecule has 98 valence electrons. The van der Waals surface area contributed by atoms with Crippen LogP contribution in [0.5, 0.6) is 0 Å². The van der Waals surface area contributed by atoms with Crippen molar-refractivity contribution < 1.29 is 9.59 Å². The van der Waals surface area contributed by atoms with Gasteiger partial charge in [0.15, 0.2) is 0 Å². The molecule has 0 saturated carbocycles. The van der Waals surface area contributed by atoms with Crippen LogP contribution in [0, 0.1) is 0 Å². The number of nitrogens with one attached hydrogen (secondary N) is 2. The van der Waals surface area contributed by atoms with E-state index < -0.39 is 0 Å². The summed E-state index contributed by atoms with van der Waals surface area (Å²) in [4.78, 5) is 26.3.